The highest BCUT2D eigenvalue weighted by atomic mass is 16.5. The number of carbonyl (C=O) groups excluding carboxylic acids is 2. The van der Waals surface area contributed by atoms with Gasteiger partial charge in [-0.25, -0.2) is 0 Å². The average Bonchev–Trinajstić information content (AvgIpc) is 3.04. The van der Waals surface area contributed by atoms with Crippen molar-refractivity contribution in [2.75, 3.05) is 7.11 Å². The molecule has 0 bridgehead atoms. The highest BCUT2D eigenvalue weighted by molar-refractivity contribution is 6.46. The number of pyridine rings is 2. The van der Waals surface area contributed by atoms with Crippen LogP contribution in [0.5, 0.6) is 5.75 Å². The monoisotopic (exact) mass is 401 g/mol. The lowest BCUT2D eigenvalue weighted by Crippen LogP contribution is -2.29. The number of ketones is 1. The lowest BCUT2D eigenvalue weighted by atomic mass is 9.96. The molecule has 0 saturated carbocycles. The van der Waals surface area contributed by atoms with Crippen LogP contribution in [0.4, 0.5) is 0 Å². The van der Waals surface area contributed by atoms with Crippen molar-refractivity contribution in [3.05, 3.63) is 95.6 Å². The Kier molecular flexibility index (Phi) is 5.26. The lowest BCUT2D eigenvalue weighted by Gasteiger charge is -2.25. The van der Waals surface area contributed by atoms with E-state index in [1.165, 1.54) is 12.0 Å². The maximum atomic E-state index is 13.0. The molecule has 30 heavy (non-hydrogen) atoms. The number of hydrogen-bond acceptors (Lipinski definition) is 6. The van der Waals surface area contributed by atoms with Gasteiger partial charge in [-0.2, -0.15) is 0 Å². The summed E-state index contributed by atoms with van der Waals surface area (Å²) in [5, 5.41) is 11.1. The molecule has 1 amide bonds. The van der Waals surface area contributed by atoms with Crippen molar-refractivity contribution in [2.45, 2.75) is 12.6 Å². The molecule has 3 aromatic rings. The summed E-state index contributed by atoms with van der Waals surface area (Å²) in [6.07, 6.45) is 6.47. The number of Topliss-reactive ketones (excluding diaryl/α,β-unsaturated/α-hetero) is 1. The fourth-order valence-corrected chi connectivity index (χ4v) is 3.60. The van der Waals surface area contributed by atoms with Gasteiger partial charge in [0.2, 0.25) is 0 Å². The SMILES string of the molecule is COc1ccccc1/C(O)=C1/C(=O)C(=O)N(Cc2cccnc2)C1c1cccnc1. The van der Waals surface area contributed by atoms with E-state index in [1.54, 1.807) is 67.3 Å². The van der Waals surface area contributed by atoms with Crippen LogP contribution in [-0.2, 0) is 16.1 Å². The van der Waals surface area contributed by atoms with E-state index in [9.17, 15) is 14.7 Å². The quantitative estimate of drug-likeness (QED) is 0.401. The summed E-state index contributed by atoms with van der Waals surface area (Å²) >= 11 is 0. The Bertz CT molecular complexity index is 1110. The van der Waals surface area contributed by atoms with Gasteiger partial charge in [-0.05, 0) is 35.4 Å². The van der Waals surface area contributed by atoms with Crippen LogP contribution < -0.4 is 4.74 Å². The first kappa shape index (κ1) is 19.3. The molecule has 3 heterocycles. The molecule has 0 radical (unpaired) electrons. The van der Waals surface area contributed by atoms with Gasteiger partial charge in [-0.1, -0.05) is 24.3 Å². The number of methoxy groups -OCH3 is 1. The third kappa shape index (κ3) is 3.41. The molecule has 2 aromatic heterocycles. The summed E-state index contributed by atoms with van der Waals surface area (Å²) < 4.78 is 5.33. The van der Waals surface area contributed by atoms with Crippen molar-refractivity contribution in [1.82, 2.24) is 14.9 Å². The zero-order valence-corrected chi connectivity index (χ0v) is 16.2. The first-order chi connectivity index (χ1) is 14.6. The number of rotatable bonds is 5. The molecule has 150 valence electrons. The number of ether oxygens (including phenoxy) is 1. The van der Waals surface area contributed by atoms with Crippen LogP contribution in [0.3, 0.4) is 0 Å². The fourth-order valence-electron chi connectivity index (χ4n) is 3.60. The molecule has 1 N–H and O–H groups in total. The van der Waals surface area contributed by atoms with Gasteiger partial charge in [-0.15, -0.1) is 0 Å². The molecule has 1 aromatic carbocycles. The van der Waals surface area contributed by atoms with Crippen LogP contribution in [0, 0.1) is 0 Å². The molecule has 0 spiro atoms. The van der Waals surface area contributed by atoms with E-state index in [4.69, 9.17) is 4.74 Å². The molecular formula is C23H19N3O4. The summed E-state index contributed by atoms with van der Waals surface area (Å²) in [5.41, 5.74) is 1.73. The Morgan fingerprint density at radius 3 is 2.43 bits per heavy atom. The van der Waals surface area contributed by atoms with E-state index in [0.29, 0.717) is 16.9 Å². The fraction of sp³-hybridized carbons (Fsp3) is 0.130. The van der Waals surface area contributed by atoms with E-state index in [2.05, 4.69) is 9.97 Å². The molecule has 1 unspecified atom stereocenters. The highest BCUT2D eigenvalue weighted by Crippen LogP contribution is 2.41. The van der Waals surface area contributed by atoms with Crippen molar-refractivity contribution < 1.29 is 19.4 Å². The largest absolute Gasteiger partial charge is 0.507 e. The van der Waals surface area contributed by atoms with Gasteiger partial charge < -0.3 is 14.7 Å². The van der Waals surface area contributed by atoms with Gasteiger partial charge in [0.25, 0.3) is 11.7 Å². The van der Waals surface area contributed by atoms with Crippen LogP contribution in [0.2, 0.25) is 0 Å². The molecule has 7 heteroatoms. The Morgan fingerprint density at radius 2 is 1.77 bits per heavy atom. The molecule has 1 aliphatic rings. The van der Waals surface area contributed by atoms with Crippen LogP contribution in [0.15, 0.2) is 78.9 Å². The third-order valence-corrected chi connectivity index (χ3v) is 4.98. The second kappa shape index (κ2) is 8.16. The van der Waals surface area contributed by atoms with E-state index < -0.39 is 17.7 Å². The zero-order valence-electron chi connectivity index (χ0n) is 16.2. The number of para-hydroxylation sites is 1. The maximum absolute atomic E-state index is 13.0. The van der Waals surface area contributed by atoms with Gasteiger partial charge in [-0.3, -0.25) is 19.6 Å². The summed E-state index contributed by atoms with van der Waals surface area (Å²) in [6.45, 7) is 0.167. The molecular weight excluding hydrogens is 382 g/mol. The summed E-state index contributed by atoms with van der Waals surface area (Å²) in [4.78, 5) is 35.6. The number of carbonyl (C=O) groups is 2. The molecule has 0 aliphatic carbocycles. The zero-order chi connectivity index (χ0) is 21.1. The van der Waals surface area contributed by atoms with E-state index >= 15 is 0 Å². The lowest BCUT2D eigenvalue weighted by molar-refractivity contribution is -0.140. The Morgan fingerprint density at radius 1 is 1.03 bits per heavy atom. The number of aromatic nitrogens is 2. The van der Waals surface area contributed by atoms with Crippen LogP contribution >= 0.6 is 0 Å². The Hall–Kier alpha value is -4.00. The highest BCUT2D eigenvalue weighted by Gasteiger charge is 2.46. The first-order valence-corrected chi connectivity index (χ1v) is 9.32. The molecule has 1 aliphatic heterocycles. The average molecular weight is 401 g/mol. The first-order valence-electron chi connectivity index (χ1n) is 9.32. The minimum absolute atomic E-state index is 0.00129. The van der Waals surface area contributed by atoms with E-state index in [-0.39, 0.29) is 17.9 Å². The normalized spacial score (nSPS) is 17.9. The number of aliphatic hydroxyl groups excluding tert-OH is 1. The van der Waals surface area contributed by atoms with Crippen LogP contribution in [-0.4, -0.2) is 38.8 Å². The van der Waals surface area contributed by atoms with Gasteiger partial charge >= 0.3 is 0 Å². The van der Waals surface area contributed by atoms with Gasteiger partial charge in [0.15, 0.2) is 0 Å². The predicted molar refractivity (Wildman–Crippen MR) is 109 cm³/mol. The molecule has 1 saturated heterocycles. The second-order valence-electron chi connectivity index (χ2n) is 6.77. The molecule has 7 nitrogen and oxygen atoms in total. The topological polar surface area (TPSA) is 92.6 Å². The predicted octanol–water partition coefficient (Wildman–Crippen LogP) is 3.11. The molecule has 4 rings (SSSR count). The third-order valence-electron chi connectivity index (χ3n) is 4.98. The van der Waals surface area contributed by atoms with Gasteiger partial charge in [0.1, 0.15) is 11.5 Å². The number of benzene rings is 1. The van der Waals surface area contributed by atoms with Crippen molar-refractivity contribution in [3.63, 3.8) is 0 Å². The van der Waals surface area contributed by atoms with Crippen LogP contribution in [0.25, 0.3) is 5.76 Å². The van der Waals surface area contributed by atoms with Crippen LogP contribution in [0.1, 0.15) is 22.7 Å². The second-order valence-corrected chi connectivity index (χ2v) is 6.77. The maximum Gasteiger partial charge on any atom is 0.295 e. The van der Waals surface area contributed by atoms with Crippen molar-refractivity contribution >= 4 is 17.4 Å². The van der Waals surface area contributed by atoms with Gasteiger partial charge in [0.05, 0.1) is 24.3 Å². The number of hydrogen-bond donors (Lipinski definition) is 1. The Labute approximate surface area is 173 Å². The number of likely N-dealkylation sites (tertiary alicyclic amines) is 1. The molecule has 1 fully saturated rings. The number of aliphatic hydroxyl groups is 1. The van der Waals surface area contributed by atoms with Crippen molar-refractivity contribution in [1.29, 1.82) is 0 Å². The minimum Gasteiger partial charge on any atom is -0.507 e. The van der Waals surface area contributed by atoms with Crippen molar-refractivity contribution in [2.24, 2.45) is 0 Å². The minimum atomic E-state index is -0.788. The van der Waals surface area contributed by atoms with E-state index in [0.717, 1.165) is 5.56 Å². The van der Waals surface area contributed by atoms with E-state index in [1.807, 2.05) is 6.07 Å². The standard InChI is InChI=1S/C23H19N3O4/c1-30-18-9-3-2-8-17(18)21(27)19-20(16-7-5-11-25-13-16)26(23(29)22(19)28)14-15-6-4-10-24-12-15/h2-13,20,27H,14H2,1H3/b21-19-. The smallest absolute Gasteiger partial charge is 0.295 e. The number of nitrogens with zero attached hydrogens (tertiary/aromatic N) is 3. The summed E-state index contributed by atoms with van der Waals surface area (Å²) in [6, 6.07) is 13.1. The number of amides is 1. The Balaban J connectivity index is 1.88. The summed E-state index contributed by atoms with van der Waals surface area (Å²) in [7, 11) is 1.48. The van der Waals surface area contributed by atoms with Crippen molar-refractivity contribution in [3.8, 4) is 5.75 Å². The summed E-state index contributed by atoms with van der Waals surface area (Å²) in [5.74, 6) is -1.33. The van der Waals surface area contributed by atoms with Gasteiger partial charge in [0, 0.05) is 31.3 Å². The molecule has 1 atom stereocenters.